The van der Waals surface area contributed by atoms with E-state index < -0.39 is 6.03 Å². The zero-order valence-electron chi connectivity index (χ0n) is 10.2. The summed E-state index contributed by atoms with van der Waals surface area (Å²) in [6, 6.07) is -0.391. The number of nitrogens with zero attached hydrogens (tertiary/aromatic N) is 1. The van der Waals surface area contributed by atoms with Crippen LogP contribution in [0, 0.1) is 0 Å². The highest BCUT2D eigenvalue weighted by Crippen LogP contribution is 2.22. The Kier molecular flexibility index (Phi) is 5.93. The van der Waals surface area contributed by atoms with E-state index >= 15 is 0 Å². The van der Waals surface area contributed by atoms with Gasteiger partial charge in [0.25, 0.3) is 0 Å². The summed E-state index contributed by atoms with van der Waals surface area (Å²) in [5, 5.41) is 2.09. The molecule has 0 aliphatic heterocycles. The van der Waals surface area contributed by atoms with Crippen LogP contribution >= 0.6 is 0 Å². The topological polar surface area (TPSA) is 101 Å². The molecule has 6 nitrogen and oxygen atoms in total. The molecule has 5 N–H and O–H groups in total. The number of nitrogens with one attached hydrogen (secondary N) is 1. The minimum atomic E-state index is -0.800. The van der Waals surface area contributed by atoms with Crippen LogP contribution in [0.3, 0.4) is 0 Å². The third-order valence-corrected chi connectivity index (χ3v) is 3.12. The van der Waals surface area contributed by atoms with Gasteiger partial charge in [0.1, 0.15) is 0 Å². The molecule has 0 atom stereocenters. The first-order valence-corrected chi connectivity index (χ1v) is 6.17. The van der Waals surface area contributed by atoms with E-state index in [9.17, 15) is 9.59 Å². The van der Waals surface area contributed by atoms with Gasteiger partial charge in [0.2, 0.25) is 5.91 Å². The van der Waals surface area contributed by atoms with Gasteiger partial charge in [-0.15, -0.1) is 0 Å². The summed E-state index contributed by atoms with van der Waals surface area (Å²) < 4.78 is 0. The fourth-order valence-corrected chi connectivity index (χ4v) is 2.36. The van der Waals surface area contributed by atoms with E-state index in [2.05, 4.69) is 10.2 Å². The van der Waals surface area contributed by atoms with Gasteiger partial charge in [0.05, 0.1) is 6.54 Å². The molecule has 0 aromatic rings. The van der Waals surface area contributed by atoms with Gasteiger partial charge in [-0.25, -0.2) is 4.79 Å². The lowest BCUT2D eigenvalue weighted by atomic mass is 9.94. The van der Waals surface area contributed by atoms with Gasteiger partial charge in [0, 0.05) is 19.1 Å². The second-order valence-electron chi connectivity index (χ2n) is 4.46. The third kappa shape index (κ3) is 5.14. The van der Waals surface area contributed by atoms with Gasteiger partial charge in [-0.1, -0.05) is 19.3 Å². The fourth-order valence-electron chi connectivity index (χ4n) is 2.36. The molecule has 1 aliphatic carbocycles. The standard InChI is InChI=1S/C11H22N4O2/c12-6-7-15(8-10(16)14-11(13)17)9-4-2-1-3-5-9/h9H,1-8,12H2,(H3,13,14,16,17). The number of nitrogens with two attached hydrogens (primary N) is 2. The van der Waals surface area contributed by atoms with Gasteiger partial charge in [-0.3, -0.25) is 15.0 Å². The van der Waals surface area contributed by atoms with Gasteiger partial charge >= 0.3 is 6.03 Å². The molecule has 0 aromatic carbocycles. The summed E-state index contributed by atoms with van der Waals surface area (Å²) >= 11 is 0. The normalized spacial score (nSPS) is 17.1. The molecule has 0 aromatic heterocycles. The molecule has 0 saturated heterocycles. The summed E-state index contributed by atoms with van der Waals surface area (Å²) in [4.78, 5) is 24.1. The van der Waals surface area contributed by atoms with Crippen molar-refractivity contribution in [3.8, 4) is 0 Å². The largest absolute Gasteiger partial charge is 0.351 e. The summed E-state index contributed by atoms with van der Waals surface area (Å²) in [7, 11) is 0. The van der Waals surface area contributed by atoms with Crippen molar-refractivity contribution in [2.75, 3.05) is 19.6 Å². The van der Waals surface area contributed by atoms with Crippen molar-refractivity contribution in [2.24, 2.45) is 11.5 Å². The van der Waals surface area contributed by atoms with E-state index in [1.807, 2.05) is 0 Å². The molecule has 1 saturated carbocycles. The lowest BCUT2D eigenvalue weighted by molar-refractivity contribution is -0.121. The van der Waals surface area contributed by atoms with E-state index in [1.54, 1.807) is 0 Å². The molecule has 0 radical (unpaired) electrons. The second kappa shape index (κ2) is 7.24. The van der Waals surface area contributed by atoms with Crippen LogP contribution in [0.1, 0.15) is 32.1 Å². The number of rotatable bonds is 5. The Hall–Kier alpha value is -1.14. The first-order chi connectivity index (χ1) is 8.13. The highest BCUT2D eigenvalue weighted by molar-refractivity contribution is 5.94. The number of carbonyl (C=O) groups excluding carboxylic acids is 2. The first-order valence-electron chi connectivity index (χ1n) is 6.17. The molecule has 98 valence electrons. The molecule has 1 aliphatic rings. The van der Waals surface area contributed by atoms with E-state index in [4.69, 9.17) is 11.5 Å². The molecule has 0 heterocycles. The molecule has 1 rings (SSSR count). The highest BCUT2D eigenvalue weighted by atomic mass is 16.2. The maximum absolute atomic E-state index is 11.5. The summed E-state index contributed by atoms with van der Waals surface area (Å²) in [5.41, 5.74) is 10.5. The summed E-state index contributed by atoms with van der Waals surface area (Å²) in [6.07, 6.45) is 5.86. The van der Waals surface area contributed by atoms with Crippen molar-refractivity contribution >= 4 is 11.9 Å². The molecular formula is C11H22N4O2. The van der Waals surface area contributed by atoms with Crippen molar-refractivity contribution in [3.63, 3.8) is 0 Å². The SMILES string of the molecule is NCCN(CC(=O)NC(N)=O)C1CCCCC1. The molecule has 0 bridgehead atoms. The Balaban J connectivity index is 2.46. The highest BCUT2D eigenvalue weighted by Gasteiger charge is 2.22. The van der Waals surface area contributed by atoms with Crippen LogP contribution in [0.2, 0.25) is 0 Å². The van der Waals surface area contributed by atoms with Crippen molar-refractivity contribution in [1.29, 1.82) is 0 Å². The lowest BCUT2D eigenvalue weighted by Gasteiger charge is -2.33. The second-order valence-corrected chi connectivity index (χ2v) is 4.46. The van der Waals surface area contributed by atoms with Crippen LogP contribution in [-0.2, 0) is 4.79 Å². The minimum absolute atomic E-state index is 0.199. The lowest BCUT2D eigenvalue weighted by Crippen LogP contribution is -2.47. The molecule has 3 amide bonds. The van der Waals surface area contributed by atoms with Gasteiger partial charge in [-0.2, -0.15) is 0 Å². The Morgan fingerprint density at radius 2 is 1.88 bits per heavy atom. The van der Waals surface area contributed by atoms with Crippen molar-refractivity contribution < 1.29 is 9.59 Å². The van der Waals surface area contributed by atoms with Crippen LogP contribution in [0.4, 0.5) is 4.79 Å². The fraction of sp³-hybridized carbons (Fsp3) is 0.818. The van der Waals surface area contributed by atoms with Crippen LogP contribution in [-0.4, -0.2) is 42.5 Å². The molecule has 17 heavy (non-hydrogen) atoms. The zero-order valence-corrected chi connectivity index (χ0v) is 10.2. The van der Waals surface area contributed by atoms with E-state index in [1.165, 1.54) is 19.3 Å². The van der Waals surface area contributed by atoms with E-state index in [0.29, 0.717) is 19.1 Å². The van der Waals surface area contributed by atoms with E-state index in [0.717, 1.165) is 12.8 Å². The molecule has 0 spiro atoms. The maximum Gasteiger partial charge on any atom is 0.318 e. The predicted molar refractivity (Wildman–Crippen MR) is 65.2 cm³/mol. The van der Waals surface area contributed by atoms with Crippen molar-refractivity contribution in [1.82, 2.24) is 10.2 Å². The monoisotopic (exact) mass is 242 g/mol. The van der Waals surface area contributed by atoms with Crippen LogP contribution in [0.15, 0.2) is 0 Å². The Morgan fingerprint density at radius 1 is 1.24 bits per heavy atom. The Bertz CT molecular complexity index is 264. The molecular weight excluding hydrogens is 220 g/mol. The molecule has 1 fully saturated rings. The predicted octanol–water partition coefficient (Wildman–Crippen LogP) is -0.225. The first kappa shape index (κ1) is 13.9. The third-order valence-electron chi connectivity index (χ3n) is 3.12. The van der Waals surface area contributed by atoms with Gasteiger partial charge in [-0.05, 0) is 12.8 Å². The molecule has 6 heteroatoms. The number of carbonyl (C=O) groups is 2. The number of imide groups is 1. The number of amides is 3. The van der Waals surface area contributed by atoms with Crippen molar-refractivity contribution in [2.45, 2.75) is 38.1 Å². The summed E-state index contributed by atoms with van der Waals surface area (Å²) in [5.74, 6) is -0.350. The van der Waals surface area contributed by atoms with Gasteiger partial charge < -0.3 is 11.5 Å². The quantitative estimate of drug-likeness (QED) is 0.620. The van der Waals surface area contributed by atoms with Crippen LogP contribution in [0.5, 0.6) is 0 Å². The maximum atomic E-state index is 11.5. The summed E-state index contributed by atoms with van der Waals surface area (Å²) in [6.45, 7) is 1.39. The average molecular weight is 242 g/mol. The van der Waals surface area contributed by atoms with Crippen LogP contribution in [0.25, 0.3) is 0 Å². The average Bonchev–Trinajstić information content (AvgIpc) is 2.28. The number of hydrogen-bond donors (Lipinski definition) is 3. The number of urea groups is 1. The zero-order chi connectivity index (χ0) is 12.7. The number of primary amides is 1. The number of hydrogen-bond acceptors (Lipinski definition) is 4. The van der Waals surface area contributed by atoms with Crippen LogP contribution < -0.4 is 16.8 Å². The molecule has 0 unspecified atom stereocenters. The minimum Gasteiger partial charge on any atom is -0.351 e. The van der Waals surface area contributed by atoms with Gasteiger partial charge in [0.15, 0.2) is 0 Å². The Labute approximate surface area is 102 Å². The van der Waals surface area contributed by atoms with E-state index in [-0.39, 0.29) is 12.5 Å². The smallest absolute Gasteiger partial charge is 0.318 e. The Morgan fingerprint density at radius 3 is 2.41 bits per heavy atom. The van der Waals surface area contributed by atoms with Crippen molar-refractivity contribution in [3.05, 3.63) is 0 Å².